The van der Waals surface area contributed by atoms with E-state index in [9.17, 15) is 9.59 Å². The topological polar surface area (TPSA) is 78.4 Å². The van der Waals surface area contributed by atoms with Gasteiger partial charge in [-0.3, -0.25) is 14.8 Å². The first-order chi connectivity index (χ1) is 14.6. The highest BCUT2D eigenvalue weighted by atomic mass is 16.2. The lowest BCUT2D eigenvalue weighted by atomic mass is 9.96. The molecule has 1 aromatic carbocycles. The van der Waals surface area contributed by atoms with Crippen molar-refractivity contribution in [2.45, 2.75) is 26.7 Å². The molecule has 0 unspecified atom stereocenters. The zero-order chi connectivity index (χ0) is 21.1. The van der Waals surface area contributed by atoms with Crippen LogP contribution in [0.3, 0.4) is 0 Å². The van der Waals surface area contributed by atoms with Crippen LogP contribution in [0.5, 0.6) is 0 Å². The van der Waals surface area contributed by atoms with Gasteiger partial charge in [0.05, 0.1) is 17.1 Å². The summed E-state index contributed by atoms with van der Waals surface area (Å²) in [7, 11) is 0. The summed E-state index contributed by atoms with van der Waals surface area (Å²) in [6, 6.07) is 7.51. The highest BCUT2D eigenvalue weighted by Crippen LogP contribution is 2.30. The SMILES string of the molecule is CCN(CC)C(=O)[C@@H]1CCCN(C(=O)Nc2cc3ccncc3c3ncccc23)C1. The van der Waals surface area contributed by atoms with Crippen molar-refractivity contribution in [3.05, 3.63) is 42.9 Å². The number of rotatable bonds is 4. The van der Waals surface area contributed by atoms with Crippen LogP contribution in [0.25, 0.3) is 21.7 Å². The van der Waals surface area contributed by atoms with Crippen molar-refractivity contribution in [3.8, 4) is 0 Å². The van der Waals surface area contributed by atoms with E-state index in [2.05, 4.69) is 15.3 Å². The molecule has 1 N–H and O–H groups in total. The molecule has 0 radical (unpaired) electrons. The van der Waals surface area contributed by atoms with Crippen LogP contribution < -0.4 is 5.32 Å². The average Bonchev–Trinajstić information content (AvgIpc) is 2.80. The second-order valence-electron chi connectivity index (χ2n) is 7.65. The summed E-state index contributed by atoms with van der Waals surface area (Å²) in [5.74, 6) is 0.0100. The molecule has 156 valence electrons. The van der Waals surface area contributed by atoms with Gasteiger partial charge >= 0.3 is 6.03 Å². The number of aromatic nitrogens is 2. The van der Waals surface area contributed by atoms with E-state index in [4.69, 9.17) is 0 Å². The van der Waals surface area contributed by atoms with Crippen LogP contribution in [0.15, 0.2) is 42.9 Å². The number of piperidine rings is 1. The van der Waals surface area contributed by atoms with Crippen molar-refractivity contribution >= 4 is 39.3 Å². The third kappa shape index (κ3) is 3.79. The first-order valence-electron chi connectivity index (χ1n) is 10.6. The minimum absolute atomic E-state index is 0.134. The predicted molar refractivity (Wildman–Crippen MR) is 118 cm³/mol. The smallest absolute Gasteiger partial charge is 0.321 e. The molecule has 1 aliphatic heterocycles. The van der Waals surface area contributed by atoms with Gasteiger partial charge in [-0.05, 0) is 56.3 Å². The molecule has 3 aromatic rings. The molecule has 3 amide bonds. The van der Waals surface area contributed by atoms with Gasteiger partial charge in [0.15, 0.2) is 0 Å². The lowest BCUT2D eigenvalue weighted by Crippen LogP contribution is -2.47. The minimum Gasteiger partial charge on any atom is -0.343 e. The summed E-state index contributed by atoms with van der Waals surface area (Å²) in [5.41, 5.74) is 1.53. The Bertz CT molecular complexity index is 1080. The van der Waals surface area contributed by atoms with Crippen LogP contribution in [0, 0.1) is 5.92 Å². The fourth-order valence-corrected chi connectivity index (χ4v) is 4.25. The van der Waals surface area contributed by atoms with Gasteiger partial charge in [-0.25, -0.2) is 4.79 Å². The zero-order valence-electron chi connectivity index (χ0n) is 17.5. The molecule has 4 rings (SSSR count). The fourth-order valence-electron chi connectivity index (χ4n) is 4.25. The van der Waals surface area contributed by atoms with Crippen molar-refractivity contribution in [2.24, 2.45) is 5.92 Å². The van der Waals surface area contributed by atoms with Gasteiger partial charge in [-0.15, -0.1) is 0 Å². The van der Waals surface area contributed by atoms with E-state index in [1.165, 1.54) is 0 Å². The molecule has 0 aliphatic carbocycles. The number of anilines is 1. The van der Waals surface area contributed by atoms with E-state index in [1.54, 1.807) is 23.5 Å². The van der Waals surface area contributed by atoms with Crippen molar-refractivity contribution in [2.75, 3.05) is 31.5 Å². The maximum atomic E-state index is 13.1. The summed E-state index contributed by atoms with van der Waals surface area (Å²) < 4.78 is 0. The molecule has 1 aliphatic rings. The number of carbonyl (C=O) groups excluding carboxylic acids is 2. The number of hydrogen-bond acceptors (Lipinski definition) is 4. The molecule has 7 nitrogen and oxygen atoms in total. The van der Waals surface area contributed by atoms with Gasteiger partial charge < -0.3 is 15.1 Å². The lowest BCUT2D eigenvalue weighted by Gasteiger charge is -2.34. The molecular weight excluding hydrogens is 378 g/mol. The maximum absolute atomic E-state index is 13.1. The number of urea groups is 1. The Labute approximate surface area is 176 Å². The standard InChI is InChI=1S/C23H27N5O2/c1-3-27(4-2)22(29)17-7-6-12-28(15-17)23(30)26-20-13-16-9-11-24-14-19(16)21-18(20)8-5-10-25-21/h5,8-11,13-14,17H,3-4,6-7,12,15H2,1-2H3,(H,26,30)/t17-/m1/s1. The van der Waals surface area contributed by atoms with E-state index in [1.807, 2.05) is 43.0 Å². The Morgan fingerprint density at radius 3 is 2.83 bits per heavy atom. The third-order valence-electron chi connectivity index (χ3n) is 5.88. The van der Waals surface area contributed by atoms with Crippen LogP contribution in [-0.4, -0.2) is 57.9 Å². The minimum atomic E-state index is -0.175. The van der Waals surface area contributed by atoms with E-state index in [0.29, 0.717) is 26.2 Å². The Balaban J connectivity index is 1.57. The van der Waals surface area contributed by atoms with Crippen LogP contribution in [-0.2, 0) is 4.79 Å². The van der Waals surface area contributed by atoms with Crippen LogP contribution in [0.1, 0.15) is 26.7 Å². The van der Waals surface area contributed by atoms with Gasteiger partial charge in [0, 0.05) is 55.5 Å². The molecule has 3 heterocycles. The van der Waals surface area contributed by atoms with E-state index in [-0.39, 0.29) is 17.9 Å². The molecule has 7 heteroatoms. The molecular formula is C23H27N5O2. The molecule has 1 atom stereocenters. The molecule has 1 saturated heterocycles. The lowest BCUT2D eigenvalue weighted by molar-refractivity contribution is -0.136. The first-order valence-corrected chi connectivity index (χ1v) is 10.6. The van der Waals surface area contributed by atoms with E-state index >= 15 is 0 Å². The zero-order valence-corrected chi connectivity index (χ0v) is 17.5. The first kappa shape index (κ1) is 20.1. The molecule has 0 spiro atoms. The molecule has 1 fully saturated rings. The molecule has 0 saturated carbocycles. The van der Waals surface area contributed by atoms with E-state index < -0.39 is 0 Å². The number of carbonyl (C=O) groups is 2. The van der Waals surface area contributed by atoms with Crippen molar-refractivity contribution in [3.63, 3.8) is 0 Å². The Morgan fingerprint density at radius 2 is 2.03 bits per heavy atom. The number of benzene rings is 1. The second kappa shape index (κ2) is 8.65. The predicted octanol–water partition coefficient (Wildman–Crippen LogP) is 3.90. The number of hydrogen-bond donors (Lipinski definition) is 1. The summed E-state index contributed by atoms with van der Waals surface area (Å²) in [4.78, 5) is 38.2. The van der Waals surface area contributed by atoms with Crippen LogP contribution >= 0.6 is 0 Å². The number of fused-ring (bicyclic) bond motifs is 3. The monoisotopic (exact) mass is 405 g/mol. The summed E-state index contributed by atoms with van der Waals surface area (Å²) in [6.07, 6.45) is 6.93. The van der Waals surface area contributed by atoms with Crippen molar-refractivity contribution in [1.29, 1.82) is 0 Å². The van der Waals surface area contributed by atoms with Crippen LogP contribution in [0.4, 0.5) is 10.5 Å². The average molecular weight is 406 g/mol. The highest BCUT2D eigenvalue weighted by Gasteiger charge is 2.30. The molecule has 0 bridgehead atoms. The Hall–Kier alpha value is -3.22. The van der Waals surface area contributed by atoms with Gasteiger partial charge in [-0.1, -0.05) is 0 Å². The number of likely N-dealkylation sites (tertiary alicyclic amines) is 1. The largest absolute Gasteiger partial charge is 0.343 e. The molecule has 2 aromatic heterocycles. The number of amides is 3. The van der Waals surface area contributed by atoms with Gasteiger partial charge in [0.25, 0.3) is 0 Å². The van der Waals surface area contributed by atoms with Gasteiger partial charge in [0.1, 0.15) is 0 Å². The Kier molecular flexibility index (Phi) is 5.79. The maximum Gasteiger partial charge on any atom is 0.321 e. The summed E-state index contributed by atoms with van der Waals surface area (Å²) >= 11 is 0. The summed E-state index contributed by atoms with van der Waals surface area (Å²) in [6.45, 7) is 6.48. The molecule has 30 heavy (non-hydrogen) atoms. The Morgan fingerprint density at radius 1 is 1.20 bits per heavy atom. The normalized spacial score (nSPS) is 16.6. The second-order valence-corrected chi connectivity index (χ2v) is 7.65. The summed E-state index contributed by atoms with van der Waals surface area (Å²) in [5, 5.41) is 5.86. The highest BCUT2D eigenvalue weighted by molar-refractivity contribution is 6.13. The quantitative estimate of drug-likeness (QED) is 0.668. The van der Waals surface area contributed by atoms with Crippen molar-refractivity contribution in [1.82, 2.24) is 19.8 Å². The van der Waals surface area contributed by atoms with Crippen LogP contribution in [0.2, 0.25) is 0 Å². The third-order valence-corrected chi connectivity index (χ3v) is 5.88. The number of pyridine rings is 2. The van der Waals surface area contributed by atoms with Crippen molar-refractivity contribution < 1.29 is 9.59 Å². The van der Waals surface area contributed by atoms with Gasteiger partial charge in [-0.2, -0.15) is 0 Å². The van der Waals surface area contributed by atoms with E-state index in [0.717, 1.165) is 40.2 Å². The number of nitrogens with one attached hydrogen (secondary N) is 1. The fraction of sp³-hybridized carbons (Fsp3) is 0.391. The number of nitrogens with zero attached hydrogens (tertiary/aromatic N) is 4. The van der Waals surface area contributed by atoms with Gasteiger partial charge in [0.2, 0.25) is 5.91 Å².